The Bertz CT molecular complexity index is 316. The van der Waals surface area contributed by atoms with E-state index in [0.29, 0.717) is 0 Å². The lowest BCUT2D eigenvalue weighted by atomic mass is 9.82. The van der Waals surface area contributed by atoms with Gasteiger partial charge in [-0.25, -0.2) is 0 Å². The molecular weight excluding hydrogens is 190 g/mol. The zero-order chi connectivity index (χ0) is 10.2. The van der Waals surface area contributed by atoms with E-state index in [2.05, 4.69) is 37.5 Å². The van der Waals surface area contributed by atoms with E-state index < -0.39 is 0 Å². The molecule has 1 N–H and O–H groups in total. The van der Waals surface area contributed by atoms with Crippen molar-refractivity contribution < 1.29 is 0 Å². The van der Waals surface area contributed by atoms with Crippen LogP contribution in [0.4, 0.5) is 0 Å². The summed E-state index contributed by atoms with van der Waals surface area (Å²) in [4.78, 5) is 1.59. The molecule has 0 aromatic carbocycles. The van der Waals surface area contributed by atoms with Crippen LogP contribution in [0.3, 0.4) is 0 Å². The van der Waals surface area contributed by atoms with E-state index in [4.69, 9.17) is 0 Å². The molecule has 1 unspecified atom stereocenters. The van der Waals surface area contributed by atoms with Crippen molar-refractivity contribution in [3.05, 3.63) is 21.9 Å². The number of hydrogen-bond donors (Lipinski definition) is 1. The first-order valence-electron chi connectivity index (χ1n) is 5.44. The molecule has 0 amide bonds. The molecule has 0 saturated carbocycles. The van der Waals surface area contributed by atoms with Crippen LogP contribution in [0.5, 0.6) is 0 Å². The maximum atomic E-state index is 3.68. The van der Waals surface area contributed by atoms with Gasteiger partial charge in [0, 0.05) is 17.0 Å². The number of fused-ring (bicyclic) bond motifs is 1. The number of thiophene rings is 1. The van der Waals surface area contributed by atoms with Crippen LogP contribution in [-0.2, 0) is 12.0 Å². The van der Waals surface area contributed by atoms with E-state index in [1.165, 1.54) is 12.8 Å². The van der Waals surface area contributed by atoms with Crippen molar-refractivity contribution in [2.45, 2.75) is 39.2 Å². The Kier molecular flexibility index (Phi) is 2.67. The molecule has 1 atom stereocenters. The molecule has 0 radical (unpaired) electrons. The Morgan fingerprint density at radius 3 is 3.07 bits per heavy atom. The van der Waals surface area contributed by atoms with Crippen molar-refractivity contribution in [2.75, 3.05) is 6.54 Å². The third-order valence-electron chi connectivity index (χ3n) is 3.02. The highest BCUT2D eigenvalue weighted by molar-refractivity contribution is 7.10. The average Bonchev–Trinajstić information content (AvgIpc) is 2.51. The van der Waals surface area contributed by atoms with Crippen LogP contribution in [0.25, 0.3) is 0 Å². The third-order valence-corrected chi connectivity index (χ3v) is 4.00. The second-order valence-electron chi connectivity index (χ2n) is 4.86. The number of rotatable bonds is 2. The summed E-state index contributed by atoms with van der Waals surface area (Å²) in [7, 11) is 0. The van der Waals surface area contributed by atoms with Crippen LogP contribution in [0.15, 0.2) is 11.4 Å². The molecule has 0 saturated heterocycles. The van der Waals surface area contributed by atoms with Gasteiger partial charge in [-0.2, -0.15) is 0 Å². The fraction of sp³-hybridized carbons (Fsp3) is 0.667. The summed E-state index contributed by atoms with van der Waals surface area (Å²) >= 11 is 1.91. The molecule has 0 aliphatic carbocycles. The molecule has 1 nitrogen and oxygen atoms in total. The van der Waals surface area contributed by atoms with Crippen molar-refractivity contribution >= 4 is 11.3 Å². The van der Waals surface area contributed by atoms with E-state index in [-0.39, 0.29) is 5.54 Å². The van der Waals surface area contributed by atoms with Crippen LogP contribution in [0.2, 0.25) is 0 Å². The van der Waals surface area contributed by atoms with Crippen LogP contribution in [-0.4, -0.2) is 6.54 Å². The highest BCUT2D eigenvalue weighted by atomic mass is 32.1. The molecule has 2 heteroatoms. The summed E-state index contributed by atoms with van der Waals surface area (Å²) in [5.41, 5.74) is 1.77. The molecule has 0 bridgehead atoms. The van der Waals surface area contributed by atoms with Crippen molar-refractivity contribution in [3.63, 3.8) is 0 Å². The third kappa shape index (κ3) is 1.73. The molecular formula is C12H19NS. The largest absolute Gasteiger partial charge is 0.307 e. The fourth-order valence-electron chi connectivity index (χ4n) is 2.57. The van der Waals surface area contributed by atoms with Gasteiger partial charge in [-0.15, -0.1) is 11.3 Å². The molecule has 1 aromatic rings. The van der Waals surface area contributed by atoms with Gasteiger partial charge in [-0.1, -0.05) is 13.8 Å². The predicted octanol–water partition coefficient (Wildman–Crippen LogP) is 3.16. The monoisotopic (exact) mass is 209 g/mol. The Morgan fingerprint density at radius 1 is 1.57 bits per heavy atom. The summed E-state index contributed by atoms with van der Waals surface area (Å²) in [6.07, 6.45) is 2.44. The van der Waals surface area contributed by atoms with Crippen LogP contribution in [0.1, 0.15) is 37.6 Å². The van der Waals surface area contributed by atoms with E-state index in [1.807, 2.05) is 11.3 Å². The topological polar surface area (TPSA) is 12.0 Å². The first kappa shape index (κ1) is 10.2. The standard InChI is InChI=1S/C12H19NS/c1-9(2)8-12(3)10-5-7-14-11(10)4-6-13-12/h5,7,9,13H,4,6,8H2,1-3H3. The maximum absolute atomic E-state index is 3.68. The Labute approximate surface area is 90.5 Å². The van der Waals surface area contributed by atoms with Gasteiger partial charge in [0.05, 0.1) is 0 Å². The lowest BCUT2D eigenvalue weighted by Gasteiger charge is -2.36. The summed E-state index contributed by atoms with van der Waals surface area (Å²) in [5, 5.41) is 5.91. The predicted molar refractivity (Wildman–Crippen MR) is 62.8 cm³/mol. The minimum Gasteiger partial charge on any atom is -0.307 e. The summed E-state index contributed by atoms with van der Waals surface area (Å²) in [5.74, 6) is 0.748. The number of hydrogen-bond acceptors (Lipinski definition) is 2. The summed E-state index contributed by atoms with van der Waals surface area (Å²) in [6.45, 7) is 8.08. The summed E-state index contributed by atoms with van der Waals surface area (Å²) in [6, 6.07) is 2.30. The molecule has 14 heavy (non-hydrogen) atoms. The fourth-order valence-corrected chi connectivity index (χ4v) is 3.58. The van der Waals surface area contributed by atoms with Gasteiger partial charge in [0.25, 0.3) is 0 Å². The summed E-state index contributed by atoms with van der Waals surface area (Å²) < 4.78 is 0. The lowest BCUT2D eigenvalue weighted by molar-refractivity contribution is 0.286. The zero-order valence-corrected chi connectivity index (χ0v) is 10.1. The molecule has 1 aliphatic rings. The molecule has 1 aromatic heterocycles. The quantitative estimate of drug-likeness (QED) is 0.789. The molecule has 2 rings (SSSR count). The first-order valence-corrected chi connectivity index (χ1v) is 6.32. The molecule has 78 valence electrons. The Hall–Kier alpha value is -0.340. The molecule has 2 heterocycles. The molecule has 0 fully saturated rings. The van der Waals surface area contributed by atoms with Crippen molar-refractivity contribution in [2.24, 2.45) is 5.92 Å². The van der Waals surface area contributed by atoms with Crippen LogP contribution < -0.4 is 5.32 Å². The average molecular weight is 209 g/mol. The smallest absolute Gasteiger partial charge is 0.0419 e. The van der Waals surface area contributed by atoms with E-state index >= 15 is 0 Å². The van der Waals surface area contributed by atoms with E-state index in [0.717, 1.165) is 12.5 Å². The minimum atomic E-state index is 0.224. The lowest BCUT2D eigenvalue weighted by Crippen LogP contribution is -2.45. The van der Waals surface area contributed by atoms with Crippen LogP contribution >= 0.6 is 11.3 Å². The molecule has 1 aliphatic heterocycles. The second-order valence-corrected chi connectivity index (χ2v) is 5.86. The highest BCUT2D eigenvalue weighted by Gasteiger charge is 2.32. The van der Waals surface area contributed by atoms with Gasteiger partial charge in [0.2, 0.25) is 0 Å². The Morgan fingerprint density at radius 2 is 2.36 bits per heavy atom. The zero-order valence-electron chi connectivity index (χ0n) is 9.26. The van der Waals surface area contributed by atoms with E-state index in [9.17, 15) is 0 Å². The van der Waals surface area contributed by atoms with Crippen molar-refractivity contribution in [1.29, 1.82) is 0 Å². The normalized spacial score (nSPS) is 26.6. The van der Waals surface area contributed by atoms with Crippen LogP contribution in [0, 0.1) is 5.92 Å². The van der Waals surface area contributed by atoms with E-state index in [1.54, 1.807) is 10.4 Å². The molecule has 0 spiro atoms. The maximum Gasteiger partial charge on any atom is 0.0419 e. The van der Waals surface area contributed by atoms with Gasteiger partial charge in [-0.3, -0.25) is 0 Å². The van der Waals surface area contributed by atoms with Crippen molar-refractivity contribution in [3.8, 4) is 0 Å². The SMILES string of the molecule is CC(C)CC1(C)NCCc2sccc21. The van der Waals surface area contributed by atoms with Crippen molar-refractivity contribution in [1.82, 2.24) is 5.32 Å². The van der Waals surface area contributed by atoms with Gasteiger partial charge in [0.1, 0.15) is 0 Å². The van der Waals surface area contributed by atoms with Gasteiger partial charge >= 0.3 is 0 Å². The first-order chi connectivity index (χ1) is 6.62. The Balaban J connectivity index is 2.30. The second kappa shape index (κ2) is 3.67. The van der Waals surface area contributed by atoms with Gasteiger partial charge in [0.15, 0.2) is 0 Å². The minimum absolute atomic E-state index is 0.224. The highest BCUT2D eigenvalue weighted by Crippen LogP contribution is 2.36. The van der Waals surface area contributed by atoms with Gasteiger partial charge in [-0.05, 0) is 42.7 Å². The number of nitrogens with one attached hydrogen (secondary N) is 1. The van der Waals surface area contributed by atoms with Gasteiger partial charge < -0.3 is 5.32 Å².